The molecule has 0 aliphatic rings. The maximum atomic E-state index is 13.6. The molecule has 96 valence electrons. The lowest BCUT2D eigenvalue weighted by molar-refractivity contribution is 0.191. The van der Waals surface area contributed by atoms with Crippen LogP contribution in [0.15, 0.2) is 18.2 Å². The van der Waals surface area contributed by atoms with E-state index in [0.717, 1.165) is 25.3 Å². The number of rotatable bonds is 7. The first-order valence-electron chi connectivity index (χ1n) is 5.80. The highest BCUT2D eigenvalue weighted by Gasteiger charge is 2.13. The molecule has 0 heterocycles. The predicted octanol–water partition coefficient (Wildman–Crippen LogP) is 3.04. The summed E-state index contributed by atoms with van der Waals surface area (Å²) in [4.78, 5) is 0. The minimum atomic E-state index is -0.541. The van der Waals surface area contributed by atoms with Crippen LogP contribution in [0.4, 0.5) is 8.78 Å². The summed E-state index contributed by atoms with van der Waals surface area (Å²) < 4.78 is 31.3. The van der Waals surface area contributed by atoms with Gasteiger partial charge in [-0.2, -0.15) is 0 Å². The van der Waals surface area contributed by atoms with E-state index in [-0.39, 0.29) is 6.04 Å². The molecular weight excluding hydrogens is 224 g/mol. The fraction of sp³-hybridized carbons (Fsp3) is 0.538. The van der Waals surface area contributed by atoms with Gasteiger partial charge in [-0.15, -0.1) is 0 Å². The highest BCUT2D eigenvalue weighted by Crippen LogP contribution is 2.22. The van der Waals surface area contributed by atoms with Crippen LogP contribution in [-0.2, 0) is 4.74 Å². The maximum absolute atomic E-state index is 13.6. The molecule has 0 aromatic heterocycles. The smallest absolute Gasteiger partial charge is 0.130 e. The van der Waals surface area contributed by atoms with E-state index in [1.807, 2.05) is 0 Å². The van der Waals surface area contributed by atoms with E-state index in [9.17, 15) is 8.78 Å². The number of nitrogens with one attached hydrogen (secondary N) is 1. The van der Waals surface area contributed by atoms with Crippen molar-refractivity contribution in [1.82, 2.24) is 5.32 Å². The number of benzene rings is 1. The van der Waals surface area contributed by atoms with Crippen LogP contribution in [0.1, 0.15) is 30.9 Å². The second-order valence-electron chi connectivity index (χ2n) is 4.00. The molecular formula is C13H19F2NO. The van der Waals surface area contributed by atoms with Gasteiger partial charge in [0.25, 0.3) is 0 Å². The zero-order chi connectivity index (χ0) is 12.7. The number of methoxy groups -OCH3 is 1. The highest BCUT2D eigenvalue weighted by atomic mass is 19.1. The van der Waals surface area contributed by atoms with Crippen LogP contribution in [0, 0.1) is 11.6 Å². The quantitative estimate of drug-likeness (QED) is 0.743. The van der Waals surface area contributed by atoms with Gasteiger partial charge in [-0.25, -0.2) is 8.78 Å². The van der Waals surface area contributed by atoms with Gasteiger partial charge in [-0.1, -0.05) is 6.07 Å². The zero-order valence-corrected chi connectivity index (χ0v) is 10.3. The van der Waals surface area contributed by atoms with Gasteiger partial charge < -0.3 is 10.1 Å². The average molecular weight is 243 g/mol. The van der Waals surface area contributed by atoms with Gasteiger partial charge in [0.2, 0.25) is 0 Å². The van der Waals surface area contributed by atoms with E-state index in [1.165, 1.54) is 12.1 Å². The van der Waals surface area contributed by atoms with E-state index in [4.69, 9.17) is 4.74 Å². The van der Waals surface area contributed by atoms with Crippen molar-refractivity contribution < 1.29 is 13.5 Å². The summed E-state index contributed by atoms with van der Waals surface area (Å²) in [6, 6.07) is 3.64. The minimum Gasteiger partial charge on any atom is -0.385 e. The summed E-state index contributed by atoms with van der Waals surface area (Å²) in [5, 5.41) is 3.05. The number of unbranched alkanes of at least 4 members (excludes halogenated alkanes) is 1. The normalized spacial score (nSPS) is 12.7. The molecule has 0 radical (unpaired) electrons. The molecule has 0 aliphatic heterocycles. The first kappa shape index (κ1) is 14.1. The molecule has 0 spiro atoms. The SMILES string of the molecule is CNC(CCCCOC)c1ccc(F)cc1F. The fourth-order valence-electron chi connectivity index (χ4n) is 1.83. The lowest BCUT2D eigenvalue weighted by Crippen LogP contribution is -2.18. The number of hydrogen-bond donors (Lipinski definition) is 1. The van der Waals surface area contributed by atoms with Crippen molar-refractivity contribution >= 4 is 0 Å². The van der Waals surface area contributed by atoms with Gasteiger partial charge in [0.05, 0.1) is 0 Å². The van der Waals surface area contributed by atoms with Gasteiger partial charge in [-0.3, -0.25) is 0 Å². The van der Waals surface area contributed by atoms with Crippen LogP contribution < -0.4 is 5.32 Å². The summed E-state index contributed by atoms with van der Waals surface area (Å²) in [6.45, 7) is 0.711. The van der Waals surface area contributed by atoms with Crippen molar-refractivity contribution in [2.45, 2.75) is 25.3 Å². The van der Waals surface area contributed by atoms with Gasteiger partial charge in [0, 0.05) is 31.4 Å². The van der Waals surface area contributed by atoms with Gasteiger partial charge in [0.15, 0.2) is 0 Å². The van der Waals surface area contributed by atoms with Crippen LogP contribution in [0.5, 0.6) is 0 Å². The molecule has 2 nitrogen and oxygen atoms in total. The van der Waals surface area contributed by atoms with Crippen LogP contribution in [-0.4, -0.2) is 20.8 Å². The van der Waals surface area contributed by atoms with Crippen LogP contribution >= 0.6 is 0 Å². The van der Waals surface area contributed by atoms with Crippen molar-refractivity contribution in [1.29, 1.82) is 0 Å². The van der Waals surface area contributed by atoms with Gasteiger partial charge in [-0.05, 0) is 32.4 Å². The molecule has 1 aromatic rings. The van der Waals surface area contributed by atoms with E-state index in [0.29, 0.717) is 12.2 Å². The molecule has 0 saturated carbocycles. The first-order chi connectivity index (χ1) is 8.19. The Balaban J connectivity index is 2.59. The number of halogens is 2. The molecule has 1 N–H and O–H groups in total. The first-order valence-corrected chi connectivity index (χ1v) is 5.80. The molecule has 4 heteroatoms. The maximum Gasteiger partial charge on any atom is 0.130 e. The average Bonchev–Trinajstić information content (AvgIpc) is 2.31. The Labute approximate surface area is 101 Å². The standard InChI is InChI=1S/C13H19F2NO/c1-16-13(5-3-4-8-17-2)11-7-6-10(14)9-12(11)15/h6-7,9,13,16H,3-5,8H2,1-2H3. The Morgan fingerprint density at radius 2 is 2.06 bits per heavy atom. The lowest BCUT2D eigenvalue weighted by Gasteiger charge is -2.17. The molecule has 1 unspecified atom stereocenters. The molecule has 0 bridgehead atoms. The third-order valence-electron chi connectivity index (χ3n) is 2.78. The molecule has 1 atom stereocenters. The van der Waals surface area contributed by atoms with Crippen LogP contribution in [0.2, 0.25) is 0 Å². The fourth-order valence-corrected chi connectivity index (χ4v) is 1.83. The van der Waals surface area contributed by atoms with Crippen molar-refractivity contribution in [2.24, 2.45) is 0 Å². The topological polar surface area (TPSA) is 21.3 Å². The second kappa shape index (κ2) is 7.35. The third kappa shape index (κ3) is 4.40. The van der Waals surface area contributed by atoms with E-state index >= 15 is 0 Å². The summed E-state index contributed by atoms with van der Waals surface area (Å²) in [5.41, 5.74) is 0.520. The molecule has 0 aliphatic carbocycles. The van der Waals surface area contributed by atoms with Crippen molar-refractivity contribution in [3.05, 3.63) is 35.4 Å². The summed E-state index contributed by atoms with van der Waals surface area (Å²) in [7, 11) is 3.44. The van der Waals surface area contributed by atoms with Crippen LogP contribution in [0.3, 0.4) is 0 Å². The molecule has 0 saturated heterocycles. The van der Waals surface area contributed by atoms with E-state index in [2.05, 4.69) is 5.32 Å². The Morgan fingerprint density at radius 1 is 1.29 bits per heavy atom. The Hall–Kier alpha value is -1.00. The van der Waals surface area contributed by atoms with Crippen molar-refractivity contribution in [3.63, 3.8) is 0 Å². The van der Waals surface area contributed by atoms with Gasteiger partial charge in [0.1, 0.15) is 11.6 Å². The number of ether oxygens (including phenoxy) is 1. The van der Waals surface area contributed by atoms with Gasteiger partial charge >= 0.3 is 0 Å². The van der Waals surface area contributed by atoms with Crippen molar-refractivity contribution in [2.75, 3.05) is 20.8 Å². The Morgan fingerprint density at radius 3 is 2.65 bits per heavy atom. The summed E-state index contributed by atoms with van der Waals surface area (Å²) in [6.07, 6.45) is 2.69. The molecule has 0 fully saturated rings. The largest absolute Gasteiger partial charge is 0.385 e. The molecule has 17 heavy (non-hydrogen) atoms. The molecule has 1 aromatic carbocycles. The van der Waals surface area contributed by atoms with Crippen LogP contribution in [0.25, 0.3) is 0 Å². The minimum absolute atomic E-state index is 0.0764. The third-order valence-corrected chi connectivity index (χ3v) is 2.78. The molecule has 1 rings (SSSR count). The highest BCUT2D eigenvalue weighted by molar-refractivity contribution is 5.22. The van der Waals surface area contributed by atoms with E-state index < -0.39 is 11.6 Å². The molecule has 0 amide bonds. The lowest BCUT2D eigenvalue weighted by atomic mass is 10.0. The zero-order valence-electron chi connectivity index (χ0n) is 10.3. The Kier molecular flexibility index (Phi) is 6.08. The monoisotopic (exact) mass is 243 g/mol. The summed E-state index contributed by atoms with van der Waals surface area (Å²) in [5.74, 6) is -1.03. The summed E-state index contributed by atoms with van der Waals surface area (Å²) >= 11 is 0. The van der Waals surface area contributed by atoms with Crippen molar-refractivity contribution in [3.8, 4) is 0 Å². The predicted molar refractivity (Wildman–Crippen MR) is 63.9 cm³/mol. The second-order valence-corrected chi connectivity index (χ2v) is 4.00. The Bertz CT molecular complexity index is 344. The number of hydrogen-bond acceptors (Lipinski definition) is 2. The van der Waals surface area contributed by atoms with E-state index in [1.54, 1.807) is 14.2 Å².